The molecule has 0 atom stereocenters. The first-order valence-electron chi connectivity index (χ1n) is 5.18. The monoisotopic (exact) mass is 253 g/mol. The summed E-state index contributed by atoms with van der Waals surface area (Å²) in [6.45, 7) is 0. The van der Waals surface area contributed by atoms with Crippen molar-refractivity contribution < 1.29 is 13.3 Å². The van der Waals surface area contributed by atoms with E-state index in [2.05, 4.69) is 10.3 Å². The fourth-order valence-corrected chi connectivity index (χ4v) is 3.15. The molecule has 0 aliphatic carbocycles. The fourth-order valence-electron chi connectivity index (χ4n) is 1.66. The van der Waals surface area contributed by atoms with Gasteiger partial charge in [-0.25, -0.2) is 4.68 Å². The molecule has 0 radical (unpaired) electrons. The van der Waals surface area contributed by atoms with Gasteiger partial charge in [0.1, 0.15) is 11.7 Å². The average molecular weight is 253 g/mol. The molecule has 0 amide bonds. The minimum absolute atomic E-state index is 0.441. The number of rotatable bonds is 5. The van der Waals surface area contributed by atoms with E-state index < -0.39 is 8.80 Å². The standard InChI is InChI=1S/C10H15N3O3Si/c1-14-17(15-2,16-3)8-13-10-7-5-4-6-9(10)11-12-13/h4-7H,8H2,1-3H3. The Balaban J connectivity index is 2.34. The van der Waals surface area contributed by atoms with Crippen molar-refractivity contribution in [1.29, 1.82) is 0 Å². The number of aromatic nitrogens is 3. The third-order valence-electron chi connectivity index (χ3n) is 2.70. The minimum Gasteiger partial charge on any atom is -0.376 e. The second kappa shape index (κ2) is 4.92. The summed E-state index contributed by atoms with van der Waals surface area (Å²) in [5.74, 6) is 0. The lowest BCUT2D eigenvalue weighted by molar-refractivity contribution is 0.115. The Hall–Kier alpha value is -1.28. The quantitative estimate of drug-likeness (QED) is 0.739. The van der Waals surface area contributed by atoms with Crippen molar-refractivity contribution in [1.82, 2.24) is 15.0 Å². The van der Waals surface area contributed by atoms with E-state index in [1.165, 1.54) is 0 Å². The molecule has 1 aromatic carbocycles. The number of para-hydroxylation sites is 1. The van der Waals surface area contributed by atoms with Crippen LogP contribution in [0, 0.1) is 0 Å². The highest BCUT2D eigenvalue weighted by Gasteiger charge is 2.39. The molecule has 0 fully saturated rings. The van der Waals surface area contributed by atoms with E-state index >= 15 is 0 Å². The van der Waals surface area contributed by atoms with Crippen LogP contribution in [0.15, 0.2) is 24.3 Å². The summed E-state index contributed by atoms with van der Waals surface area (Å²) in [5, 5.41) is 8.16. The summed E-state index contributed by atoms with van der Waals surface area (Å²) >= 11 is 0. The number of hydrogen-bond acceptors (Lipinski definition) is 5. The van der Waals surface area contributed by atoms with Crippen LogP contribution >= 0.6 is 0 Å². The van der Waals surface area contributed by atoms with Crippen LogP contribution in [0.25, 0.3) is 11.0 Å². The van der Waals surface area contributed by atoms with Gasteiger partial charge in [-0.15, -0.1) is 5.10 Å². The maximum Gasteiger partial charge on any atom is 0.522 e. The Labute approximate surface area is 100 Å². The summed E-state index contributed by atoms with van der Waals surface area (Å²) in [6, 6.07) is 7.73. The second-order valence-corrected chi connectivity index (χ2v) is 6.44. The molecular formula is C10H15N3O3Si. The van der Waals surface area contributed by atoms with Crippen LogP contribution in [0.2, 0.25) is 0 Å². The molecule has 2 rings (SSSR count). The van der Waals surface area contributed by atoms with Gasteiger partial charge in [0.2, 0.25) is 0 Å². The average Bonchev–Trinajstić information content (AvgIpc) is 2.79. The summed E-state index contributed by atoms with van der Waals surface area (Å²) in [4.78, 5) is 0. The van der Waals surface area contributed by atoms with Gasteiger partial charge in [-0.1, -0.05) is 17.3 Å². The highest BCUT2D eigenvalue weighted by Crippen LogP contribution is 2.14. The van der Waals surface area contributed by atoms with E-state index in [0.717, 1.165) is 11.0 Å². The molecule has 0 spiro atoms. The first-order chi connectivity index (χ1) is 8.24. The van der Waals surface area contributed by atoms with Crippen molar-refractivity contribution in [2.24, 2.45) is 0 Å². The maximum atomic E-state index is 5.36. The van der Waals surface area contributed by atoms with E-state index in [-0.39, 0.29) is 0 Å². The number of fused-ring (bicyclic) bond motifs is 1. The zero-order chi connectivity index (χ0) is 12.3. The number of nitrogens with zero attached hydrogens (tertiary/aromatic N) is 3. The van der Waals surface area contributed by atoms with Gasteiger partial charge in [0.05, 0.1) is 5.52 Å². The molecule has 0 aliphatic heterocycles. The van der Waals surface area contributed by atoms with Gasteiger partial charge in [-0.2, -0.15) is 0 Å². The summed E-state index contributed by atoms with van der Waals surface area (Å²) < 4.78 is 17.8. The lowest BCUT2D eigenvalue weighted by Crippen LogP contribution is -2.47. The van der Waals surface area contributed by atoms with Crippen LogP contribution in [-0.2, 0) is 19.4 Å². The van der Waals surface area contributed by atoms with E-state index in [1.54, 1.807) is 26.0 Å². The highest BCUT2D eigenvalue weighted by atomic mass is 28.4. The topological polar surface area (TPSA) is 58.4 Å². The van der Waals surface area contributed by atoms with Gasteiger partial charge in [0.25, 0.3) is 0 Å². The Morgan fingerprint density at radius 1 is 1.12 bits per heavy atom. The Kier molecular flexibility index (Phi) is 3.53. The normalized spacial score (nSPS) is 12.2. The molecule has 0 saturated carbocycles. The molecule has 0 unspecified atom stereocenters. The van der Waals surface area contributed by atoms with E-state index in [1.807, 2.05) is 24.3 Å². The molecule has 17 heavy (non-hydrogen) atoms. The number of benzene rings is 1. The van der Waals surface area contributed by atoms with Gasteiger partial charge in [-0.3, -0.25) is 0 Å². The molecule has 0 aliphatic rings. The first-order valence-corrected chi connectivity index (χ1v) is 7.11. The van der Waals surface area contributed by atoms with Crippen molar-refractivity contribution in [3.8, 4) is 0 Å². The maximum absolute atomic E-state index is 5.36. The van der Waals surface area contributed by atoms with Crippen molar-refractivity contribution in [3.63, 3.8) is 0 Å². The first kappa shape index (κ1) is 12.2. The second-order valence-electron chi connectivity index (χ2n) is 3.53. The molecule has 6 nitrogen and oxygen atoms in total. The van der Waals surface area contributed by atoms with Crippen molar-refractivity contribution in [3.05, 3.63) is 24.3 Å². The van der Waals surface area contributed by atoms with Crippen LogP contribution in [0.1, 0.15) is 0 Å². The Morgan fingerprint density at radius 3 is 2.41 bits per heavy atom. The predicted octanol–water partition coefficient (Wildman–Crippen LogP) is 0.849. The van der Waals surface area contributed by atoms with Crippen LogP contribution in [0.3, 0.4) is 0 Å². The third kappa shape index (κ3) is 2.22. The number of hydrogen-bond donors (Lipinski definition) is 0. The Morgan fingerprint density at radius 2 is 1.76 bits per heavy atom. The molecule has 7 heteroatoms. The van der Waals surface area contributed by atoms with Crippen LogP contribution < -0.4 is 0 Å². The van der Waals surface area contributed by atoms with Gasteiger partial charge >= 0.3 is 8.80 Å². The fraction of sp³-hybridized carbons (Fsp3) is 0.400. The molecule has 1 aromatic heterocycles. The van der Waals surface area contributed by atoms with Gasteiger partial charge in [0.15, 0.2) is 0 Å². The van der Waals surface area contributed by atoms with Crippen molar-refractivity contribution in [2.45, 2.75) is 6.17 Å². The third-order valence-corrected chi connectivity index (χ3v) is 5.25. The van der Waals surface area contributed by atoms with E-state index in [9.17, 15) is 0 Å². The largest absolute Gasteiger partial charge is 0.522 e. The van der Waals surface area contributed by atoms with Crippen LogP contribution in [0.4, 0.5) is 0 Å². The highest BCUT2D eigenvalue weighted by molar-refractivity contribution is 6.59. The lowest BCUT2D eigenvalue weighted by atomic mass is 10.3. The van der Waals surface area contributed by atoms with Crippen molar-refractivity contribution >= 4 is 19.8 Å². The zero-order valence-electron chi connectivity index (χ0n) is 10.1. The molecule has 0 N–H and O–H groups in total. The summed E-state index contributed by atoms with van der Waals surface area (Å²) in [7, 11) is 2.07. The van der Waals surface area contributed by atoms with Crippen LogP contribution in [0.5, 0.6) is 0 Å². The Bertz CT molecular complexity index is 490. The predicted molar refractivity (Wildman–Crippen MR) is 64.3 cm³/mol. The smallest absolute Gasteiger partial charge is 0.376 e. The summed E-state index contributed by atoms with van der Waals surface area (Å²) in [5.41, 5.74) is 1.79. The molecule has 0 saturated heterocycles. The van der Waals surface area contributed by atoms with Gasteiger partial charge < -0.3 is 13.3 Å². The zero-order valence-corrected chi connectivity index (χ0v) is 11.1. The van der Waals surface area contributed by atoms with E-state index in [0.29, 0.717) is 6.17 Å². The molecule has 92 valence electrons. The molecule has 0 bridgehead atoms. The summed E-state index contributed by atoms with van der Waals surface area (Å²) in [6.07, 6.45) is 0.441. The lowest BCUT2D eigenvalue weighted by Gasteiger charge is -2.23. The van der Waals surface area contributed by atoms with E-state index in [4.69, 9.17) is 13.3 Å². The van der Waals surface area contributed by atoms with Gasteiger partial charge in [-0.05, 0) is 12.1 Å². The van der Waals surface area contributed by atoms with Gasteiger partial charge in [0, 0.05) is 21.3 Å². The van der Waals surface area contributed by atoms with Crippen molar-refractivity contribution in [2.75, 3.05) is 21.3 Å². The minimum atomic E-state index is -2.68. The van der Waals surface area contributed by atoms with Crippen LogP contribution in [-0.4, -0.2) is 45.1 Å². The molecular weight excluding hydrogens is 238 g/mol. The molecule has 2 aromatic rings. The SMILES string of the molecule is CO[Si](Cn1nnc2ccccc21)(OC)OC. The molecule has 1 heterocycles.